The normalized spacial score (nSPS) is 12.3. The lowest BCUT2D eigenvalue weighted by Crippen LogP contribution is -2.17. The minimum absolute atomic E-state index is 0.146. The highest BCUT2D eigenvalue weighted by molar-refractivity contribution is 5.49. The van der Waals surface area contributed by atoms with E-state index in [4.69, 9.17) is 10.5 Å². The Morgan fingerprint density at radius 3 is 1.91 bits per heavy atom. The molecule has 0 saturated heterocycles. The summed E-state index contributed by atoms with van der Waals surface area (Å²) in [4.78, 5) is 0. The van der Waals surface area contributed by atoms with Crippen molar-refractivity contribution in [2.75, 3.05) is 0 Å². The number of aryl methyl sites for hydroxylation is 4. The lowest BCUT2D eigenvalue weighted by Gasteiger charge is -2.16. The molecule has 0 saturated carbocycles. The fourth-order valence-corrected chi connectivity index (χ4v) is 2.78. The van der Waals surface area contributed by atoms with E-state index in [1.807, 2.05) is 46.8 Å². The number of phenols is 1. The molecule has 0 aliphatic carbocycles. The van der Waals surface area contributed by atoms with E-state index in [-0.39, 0.29) is 6.04 Å². The smallest absolute Gasteiger partial charge is 0.133 e. The Morgan fingerprint density at radius 2 is 1.45 bits per heavy atom. The average Bonchev–Trinajstić information content (AvgIpc) is 2.39. The summed E-state index contributed by atoms with van der Waals surface area (Å²) in [6.45, 7) is 9.86. The zero-order valence-electron chi connectivity index (χ0n) is 14.0. The van der Waals surface area contributed by atoms with E-state index in [0.29, 0.717) is 5.75 Å². The topological polar surface area (TPSA) is 55.5 Å². The molecule has 1 atom stereocenters. The van der Waals surface area contributed by atoms with Gasteiger partial charge in [-0.15, -0.1) is 0 Å². The predicted octanol–water partition coefficient (Wildman–Crippen LogP) is 4.31. The van der Waals surface area contributed by atoms with Crippen LogP contribution in [0, 0.1) is 27.7 Å². The number of benzene rings is 2. The van der Waals surface area contributed by atoms with Gasteiger partial charge in [0, 0.05) is 6.04 Å². The predicted molar refractivity (Wildman–Crippen MR) is 90.9 cm³/mol. The van der Waals surface area contributed by atoms with Gasteiger partial charge in [-0.1, -0.05) is 12.1 Å². The first kappa shape index (κ1) is 16.4. The average molecular weight is 299 g/mol. The van der Waals surface area contributed by atoms with E-state index in [1.54, 1.807) is 0 Å². The molecule has 0 bridgehead atoms. The summed E-state index contributed by atoms with van der Waals surface area (Å²) in [5, 5.41) is 9.86. The van der Waals surface area contributed by atoms with Crippen molar-refractivity contribution in [2.45, 2.75) is 47.1 Å². The number of hydrogen-bond acceptors (Lipinski definition) is 3. The Hall–Kier alpha value is -2.00. The highest BCUT2D eigenvalue weighted by Gasteiger charge is 2.11. The van der Waals surface area contributed by atoms with Crippen molar-refractivity contribution in [1.29, 1.82) is 0 Å². The molecule has 2 aromatic rings. The van der Waals surface area contributed by atoms with Gasteiger partial charge in [0.15, 0.2) is 0 Å². The molecule has 118 valence electrons. The van der Waals surface area contributed by atoms with Crippen LogP contribution in [0.25, 0.3) is 0 Å². The Bertz CT molecular complexity index is 644. The van der Waals surface area contributed by atoms with Gasteiger partial charge in [-0.25, -0.2) is 0 Å². The maximum Gasteiger partial charge on any atom is 0.133 e. The molecule has 1 unspecified atom stereocenters. The van der Waals surface area contributed by atoms with Gasteiger partial charge in [-0.05, 0) is 81.0 Å². The molecule has 0 spiro atoms. The van der Waals surface area contributed by atoms with Gasteiger partial charge in [-0.2, -0.15) is 0 Å². The molecule has 2 rings (SSSR count). The van der Waals surface area contributed by atoms with E-state index in [0.717, 1.165) is 40.2 Å². The lowest BCUT2D eigenvalue weighted by atomic mass is 10.0. The van der Waals surface area contributed by atoms with Gasteiger partial charge in [-0.3, -0.25) is 0 Å². The number of phenolic OH excluding ortho intramolecular Hbond substituents is 1. The highest BCUT2D eigenvalue weighted by atomic mass is 16.5. The molecule has 0 aromatic heterocycles. The van der Waals surface area contributed by atoms with Crippen molar-refractivity contribution >= 4 is 0 Å². The fraction of sp³-hybridized carbons (Fsp3) is 0.368. The molecule has 3 N–H and O–H groups in total. The fourth-order valence-electron chi connectivity index (χ4n) is 2.78. The van der Waals surface area contributed by atoms with E-state index in [9.17, 15) is 5.11 Å². The zero-order chi connectivity index (χ0) is 16.4. The van der Waals surface area contributed by atoms with Gasteiger partial charge in [0.2, 0.25) is 0 Å². The first-order valence-corrected chi connectivity index (χ1v) is 7.61. The summed E-state index contributed by atoms with van der Waals surface area (Å²) in [7, 11) is 0. The SMILES string of the molecule is Cc1cc(Oc2c(C)cc(CC(C)N)cc2C)cc(C)c1O. The third-order valence-corrected chi connectivity index (χ3v) is 3.76. The van der Waals surface area contributed by atoms with Crippen molar-refractivity contribution in [2.24, 2.45) is 5.73 Å². The quantitative estimate of drug-likeness (QED) is 0.884. The number of nitrogens with two attached hydrogens (primary N) is 1. The maximum atomic E-state index is 9.86. The molecule has 0 radical (unpaired) electrons. The largest absolute Gasteiger partial charge is 0.507 e. The van der Waals surface area contributed by atoms with Crippen LogP contribution >= 0.6 is 0 Å². The molecule has 3 heteroatoms. The Labute approximate surface area is 132 Å². The second kappa shape index (κ2) is 6.41. The first-order chi connectivity index (χ1) is 10.3. The van der Waals surface area contributed by atoms with Crippen LogP contribution in [-0.2, 0) is 6.42 Å². The second-order valence-electron chi connectivity index (χ2n) is 6.25. The van der Waals surface area contributed by atoms with Gasteiger partial charge < -0.3 is 15.6 Å². The minimum Gasteiger partial charge on any atom is -0.507 e. The van der Waals surface area contributed by atoms with Crippen LogP contribution in [0.4, 0.5) is 0 Å². The number of hydrogen-bond donors (Lipinski definition) is 2. The monoisotopic (exact) mass is 299 g/mol. The highest BCUT2D eigenvalue weighted by Crippen LogP contribution is 2.33. The molecule has 0 fully saturated rings. The molecule has 3 nitrogen and oxygen atoms in total. The van der Waals surface area contributed by atoms with Gasteiger partial charge in [0.25, 0.3) is 0 Å². The van der Waals surface area contributed by atoms with Crippen LogP contribution in [0.2, 0.25) is 0 Å². The molecule has 0 amide bonds. The minimum atomic E-state index is 0.146. The van der Waals surface area contributed by atoms with E-state index >= 15 is 0 Å². The molecule has 0 heterocycles. The summed E-state index contributed by atoms with van der Waals surface area (Å²) < 4.78 is 6.07. The summed E-state index contributed by atoms with van der Waals surface area (Å²) in [6.07, 6.45) is 0.861. The molecular weight excluding hydrogens is 274 g/mol. The zero-order valence-corrected chi connectivity index (χ0v) is 14.0. The van der Waals surface area contributed by atoms with Crippen molar-refractivity contribution < 1.29 is 9.84 Å². The third-order valence-electron chi connectivity index (χ3n) is 3.76. The van der Waals surface area contributed by atoms with Crippen molar-refractivity contribution in [3.05, 3.63) is 52.1 Å². The van der Waals surface area contributed by atoms with Gasteiger partial charge in [0.1, 0.15) is 17.2 Å². The number of ether oxygens (including phenoxy) is 1. The Morgan fingerprint density at radius 1 is 0.955 bits per heavy atom. The van der Waals surface area contributed by atoms with Crippen LogP contribution in [0.1, 0.15) is 34.7 Å². The van der Waals surface area contributed by atoms with E-state index in [2.05, 4.69) is 12.1 Å². The third kappa shape index (κ3) is 3.60. The van der Waals surface area contributed by atoms with Gasteiger partial charge >= 0.3 is 0 Å². The number of aromatic hydroxyl groups is 1. The maximum absolute atomic E-state index is 9.86. The summed E-state index contributed by atoms with van der Waals surface area (Å²) in [5.41, 5.74) is 10.9. The van der Waals surface area contributed by atoms with E-state index < -0.39 is 0 Å². The number of rotatable bonds is 4. The standard InChI is InChI=1S/C19H25NO2/c1-11-8-17(9-12(2)18(11)21)22-19-13(3)6-16(7-14(19)4)10-15(5)20/h6-9,15,21H,10,20H2,1-5H3. The van der Waals surface area contributed by atoms with Crippen LogP contribution in [0.3, 0.4) is 0 Å². The summed E-state index contributed by atoms with van der Waals surface area (Å²) in [6, 6.07) is 8.12. The Balaban J connectivity index is 2.34. The molecule has 0 aliphatic rings. The van der Waals surface area contributed by atoms with Crippen LogP contribution < -0.4 is 10.5 Å². The molecule has 22 heavy (non-hydrogen) atoms. The second-order valence-corrected chi connectivity index (χ2v) is 6.25. The van der Waals surface area contributed by atoms with Crippen LogP contribution in [-0.4, -0.2) is 11.1 Å². The summed E-state index contributed by atoms with van der Waals surface area (Å²) in [5.74, 6) is 1.95. The van der Waals surface area contributed by atoms with E-state index in [1.165, 1.54) is 5.56 Å². The van der Waals surface area contributed by atoms with Crippen molar-refractivity contribution in [1.82, 2.24) is 0 Å². The molecule has 0 aliphatic heterocycles. The Kier molecular flexibility index (Phi) is 4.77. The molecule has 2 aromatic carbocycles. The van der Waals surface area contributed by atoms with Gasteiger partial charge in [0.05, 0.1) is 0 Å². The van der Waals surface area contributed by atoms with Crippen molar-refractivity contribution in [3.63, 3.8) is 0 Å². The van der Waals surface area contributed by atoms with Crippen LogP contribution in [0.15, 0.2) is 24.3 Å². The van der Waals surface area contributed by atoms with Crippen LogP contribution in [0.5, 0.6) is 17.2 Å². The van der Waals surface area contributed by atoms with Crippen molar-refractivity contribution in [3.8, 4) is 17.2 Å². The lowest BCUT2D eigenvalue weighted by molar-refractivity contribution is 0.454. The molecular formula is C19H25NO2. The summed E-state index contributed by atoms with van der Waals surface area (Å²) >= 11 is 0. The first-order valence-electron chi connectivity index (χ1n) is 7.61.